The quantitative estimate of drug-likeness (QED) is 0.800. The molecule has 1 fully saturated rings. The van der Waals surface area contributed by atoms with Gasteiger partial charge < -0.3 is 14.5 Å². The molecule has 0 saturated carbocycles. The van der Waals surface area contributed by atoms with Gasteiger partial charge in [-0.1, -0.05) is 0 Å². The van der Waals surface area contributed by atoms with Gasteiger partial charge in [-0.05, 0) is 49.7 Å². The van der Waals surface area contributed by atoms with E-state index < -0.39 is 6.36 Å². The number of benzene rings is 1. The molecule has 1 aromatic heterocycles. The molecule has 0 bridgehead atoms. The number of halogens is 3. The van der Waals surface area contributed by atoms with Crippen molar-refractivity contribution < 1.29 is 22.7 Å². The van der Waals surface area contributed by atoms with Crippen LogP contribution in [0.25, 0.3) is 0 Å². The van der Waals surface area contributed by atoms with Gasteiger partial charge in [-0.15, -0.1) is 13.2 Å². The minimum atomic E-state index is -4.72. The van der Waals surface area contributed by atoms with Gasteiger partial charge in [0.2, 0.25) is 0 Å². The lowest BCUT2D eigenvalue weighted by Crippen LogP contribution is -2.41. The molecule has 1 amide bonds. The summed E-state index contributed by atoms with van der Waals surface area (Å²) < 4.78 is 41.3. The molecule has 1 aromatic carbocycles. The molecule has 1 aliphatic rings. The third-order valence-electron chi connectivity index (χ3n) is 4.86. The summed E-state index contributed by atoms with van der Waals surface area (Å²) in [7, 11) is 3.37. The molecule has 1 atom stereocenters. The Bertz CT molecular complexity index is 898. The van der Waals surface area contributed by atoms with Crippen molar-refractivity contribution in [2.45, 2.75) is 38.3 Å². The molecule has 1 unspecified atom stereocenters. The van der Waals surface area contributed by atoms with Crippen molar-refractivity contribution in [3.05, 3.63) is 53.9 Å². The average Bonchev–Trinajstić information content (AvgIpc) is 2.95. The van der Waals surface area contributed by atoms with E-state index in [1.54, 1.807) is 38.6 Å². The van der Waals surface area contributed by atoms with Crippen LogP contribution >= 0.6 is 0 Å². The fraction of sp³-hybridized carbons (Fsp3) is 0.429. The van der Waals surface area contributed by atoms with Crippen LogP contribution in [0.2, 0.25) is 0 Å². The fourth-order valence-corrected chi connectivity index (χ4v) is 3.63. The van der Waals surface area contributed by atoms with Gasteiger partial charge in [0.15, 0.2) is 0 Å². The zero-order valence-electron chi connectivity index (χ0n) is 17.3. The van der Waals surface area contributed by atoms with E-state index in [0.29, 0.717) is 18.5 Å². The summed E-state index contributed by atoms with van der Waals surface area (Å²) in [6.45, 7) is 4.76. The number of hydrogen-bond acceptors (Lipinski definition) is 5. The zero-order valence-corrected chi connectivity index (χ0v) is 17.3. The maximum absolute atomic E-state index is 12.5. The Morgan fingerprint density at radius 3 is 2.53 bits per heavy atom. The van der Waals surface area contributed by atoms with Crippen molar-refractivity contribution in [1.29, 1.82) is 0 Å². The summed E-state index contributed by atoms with van der Waals surface area (Å²) in [5.41, 5.74) is 1.93. The van der Waals surface area contributed by atoms with Crippen LogP contribution in [0, 0.1) is 0 Å². The van der Waals surface area contributed by atoms with E-state index in [9.17, 15) is 18.0 Å². The maximum Gasteiger partial charge on any atom is 0.573 e. The first kappa shape index (κ1) is 21.9. The summed E-state index contributed by atoms with van der Waals surface area (Å²) in [5, 5.41) is 3.54. The van der Waals surface area contributed by atoms with Gasteiger partial charge in [0, 0.05) is 50.7 Å². The van der Waals surface area contributed by atoms with Crippen molar-refractivity contribution >= 4 is 11.6 Å². The normalized spacial score (nSPS) is 18.4. The van der Waals surface area contributed by atoms with E-state index in [1.165, 1.54) is 17.0 Å². The number of rotatable bonds is 5. The monoisotopic (exact) mass is 422 g/mol. The number of carbonyl (C=O) groups excluding carboxylic acids is 1. The van der Waals surface area contributed by atoms with E-state index >= 15 is 0 Å². The van der Waals surface area contributed by atoms with Crippen LogP contribution in [0.3, 0.4) is 0 Å². The average molecular weight is 422 g/mol. The smallest absolute Gasteiger partial charge is 0.406 e. The second-order valence-corrected chi connectivity index (χ2v) is 8.15. The number of aromatic nitrogens is 1. The number of pyridine rings is 1. The number of carbonyl (C=O) groups is 1. The highest BCUT2D eigenvalue weighted by Crippen LogP contribution is 2.30. The van der Waals surface area contributed by atoms with Crippen LogP contribution in [0.5, 0.6) is 5.75 Å². The summed E-state index contributed by atoms with van der Waals surface area (Å²) in [6.07, 6.45) is -1.13. The molecule has 6 nitrogen and oxygen atoms in total. The number of hydrogen-bond donors (Lipinski definition) is 1. The van der Waals surface area contributed by atoms with Crippen molar-refractivity contribution in [2.75, 3.05) is 25.5 Å². The number of nitrogens with one attached hydrogen (secondary N) is 1. The summed E-state index contributed by atoms with van der Waals surface area (Å²) >= 11 is 0. The van der Waals surface area contributed by atoms with Gasteiger partial charge in [0.1, 0.15) is 5.75 Å². The van der Waals surface area contributed by atoms with Crippen LogP contribution in [0.15, 0.2) is 42.7 Å². The number of nitrogens with zero attached hydrogens (tertiary/aromatic N) is 3. The number of alkyl halides is 3. The highest BCUT2D eigenvalue weighted by Gasteiger charge is 2.37. The lowest BCUT2D eigenvalue weighted by molar-refractivity contribution is -0.274. The summed E-state index contributed by atoms with van der Waals surface area (Å²) in [4.78, 5) is 20.2. The Morgan fingerprint density at radius 2 is 1.93 bits per heavy atom. The van der Waals surface area contributed by atoms with Crippen LogP contribution < -0.4 is 15.0 Å². The SMILES string of the molecule is CN(C)C(=O)c1cnccc1CC1NC(C)(C)CN1c1ccc(OC(F)(F)F)cc1. The molecule has 9 heteroatoms. The van der Waals surface area contributed by atoms with Crippen LogP contribution in [0.1, 0.15) is 29.8 Å². The third-order valence-corrected chi connectivity index (χ3v) is 4.86. The molecule has 2 aromatic rings. The maximum atomic E-state index is 12.5. The Kier molecular flexibility index (Phi) is 5.94. The molecule has 0 spiro atoms. The van der Waals surface area contributed by atoms with Crippen molar-refractivity contribution in [3.8, 4) is 5.75 Å². The predicted octanol–water partition coefficient (Wildman–Crippen LogP) is 3.44. The molecule has 162 valence electrons. The van der Waals surface area contributed by atoms with Gasteiger partial charge >= 0.3 is 6.36 Å². The number of amides is 1. The zero-order chi connectivity index (χ0) is 22.1. The van der Waals surface area contributed by atoms with E-state index in [2.05, 4.69) is 33.8 Å². The molecule has 2 heterocycles. The minimum Gasteiger partial charge on any atom is -0.406 e. The summed E-state index contributed by atoms with van der Waals surface area (Å²) in [5.74, 6) is -0.391. The second kappa shape index (κ2) is 8.14. The van der Waals surface area contributed by atoms with E-state index in [4.69, 9.17) is 0 Å². The lowest BCUT2D eigenvalue weighted by atomic mass is 10.0. The summed E-state index contributed by atoms with van der Waals surface area (Å²) in [6, 6.07) is 7.64. The van der Waals surface area contributed by atoms with Crippen LogP contribution in [-0.2, 0) is 6.42 Å². The third kappa shape index (κ3) is 5.21. The van der Waals surface area contributed by atoms with Crippen molar-refractivity contribution in [3.63, 3.8) is 0 Å². The minimum absolute atomic E-state index is 0.129. The molecule has 1 N–H and O–H groups in total. The molecular formula is C21H25F3N4O2. The van der Waals surface area contributed by atoms with Crippen molar-refractivity contribution in [1.82, 2.24) is 15.2 Å². The molecule has 0 radical (unpaired) electrons. The second-order valence-electron chi connectivity index (χ2n) is 8.15. The first-order valence-electron chi connectivity index (χ1n) is 9.50. The van der Waals surface area contributed by atoms with Gasteiger partial charge in [0.05, 0.1) is 11.7 Å². The molecular weight excluding hydrogens is 397 g/mol. The van der Waals surface area contributed by atoms with Gasteiger partial charge in [-0.2, -0.15) is 0 Å². The Hall–Kier alpha value is -2.81. The topological polar surface area (TPSA) is 57.7 Å². The van der Waals surface area contributed by atoms with Crippen molar-refractivity contribution in [2.24, 2.45) is 0 Å². The first-order chi connectivity index (χ1) is 14.0. The van der Waals surface area contributed by atoms with Gasteiger partial charge in [0.25, 0.3) is 5.91 Å². The number of ether oxygens (including phenoxy) is 1. The Labute approximate surface area is 173 Å². The van der Waals surface area contributed by atoms with Crippen LogP contribution in [0.4, 0.5) is 18.9 Å². The van der Waals surface area contributed by atoms with E-state index in [-0.39, 0.29) is 23.4 Å². The van der Waals surface area contributed by atoms with Gasteiger partial charge in [-0.25, -0.2) is 0 Å². The molecule has 1 saturated heterocycles. The number of anilines is 1. The predicted molar refractivity (Wildman–Crippen MR) is 107 cm³/mol. The lowest BCUT2D eigenvalue weighted by Gasteiger charge is -2.27. The van der Waals surface area contributed by atoms with E-state index in [1.807, 2.05) is 6.07 Å². The van der Waals surface area contributed by atoms with Crippen LogP contribution in [-0.4, -0.2) is 54.5 Å². The molecule has 1 aliphatic heterocycles. The molecule has 30 heavy (non-hydrogen) atoms. The molecule has 3 rings (SSSR count). The fourth-order valence-electron chi connectivity index (χ4n) is 3.63. The first-order valence-corrected chi connectivity index (χ1v) is 9.50. The Morgan fingerprint density at radius 1 is 1.27 bits per heavy atom. The van der Waals surface area contributed by atoms with Gasteiger partial charge in [-0.3, -0.25) is 15.1 Å². The van der Waals surface area contributed by atoms with E-state index in [0.717, 1.165) is 11.3 Å². The largest absolute Gasteiger partial charge is 0.573 e. The Balaban J connectivity index is 1.85. The standard InChI is InChI=1S/C21H25F3N4O2/c1-20(2)13-28(15-5-7-16(8-6-15)30-21(22,23)24)18(26-20)11-14-9-10-25-12-17(14)19(29)27(3)4/h5-10,12,18,26H,11,13H2,1-4H3. The highest BCUT2D eigenvalue weighted by molar-refractivity contribution is 5.95. The molecule has 0 aliphatic carbocycles. The highest BCUT2D eigenvalue weighted by atomic mass is 19.4.